The third-order valence-electron chi connectivity index (χ3n) is 6.56. The van der Waals surface area contributed by atoms with Crippen molar-refractivity contribution < 1.29 is 57.4 Å². The van der Waals surface area contributed by atoms with E-state index >= 15 is 0 Å². The fourth-order valence-electron chi connectivity index (χ4n) is 4.00. The van der Waals surface area contributed by atoms with Gasteiger partial charge in [0.25, 0.3) is 0 Å². The molecule has 0 aromatic carbocycles. The van der Waals surface area contributed by atoms with Gasteiger partial charge in [-0.1, -0.05) is 58.3 Å². The standard InChI is InChI=1S/C33H63NO12/c1-2-3-4-5-6-7-8-9-10-12-33(38)46-30-29-45-28-27-44-26-25-43-24-23-42-22-21-41-20-19-40-18-17-39-16-11-15-34-31(35)13-14-32(36)37/h2-30H2,1H3,(H,34,35)(H,36,37). The van der Waals surface area contributed by atoms with Crippen molar-refractivity contribution in [2.24, 2.45) is 0 Å². The van der Waals surface area contributed by atoms with Crippen molar-refractivity contribution in [1.82, 2.24) is 5.32 Å². The van der Waals surface area contributed by atoms with E-state index in [4.69, 9.17) is 43.0 Å². The second-order valence-corrected chi connectivity index (χ2v) is 10.7. The first-order chi connectivity index (χ1) is 22.6. The van der Waals surface area contributed by atoms with E-state index in [1.807, 2.05) is 0 Å². The highest BCUT2D eigenvalue weighted by molar-refractivity contribution is 5.80. The number of hydrogen-bond donors (Lipinski definition) is 2. The van der Waals surface area contributed by atoms with E-state index < -0.39 is 5.97 Å². The Hall–Kier alpha value is -1.87. The van der Waals surface area contributed by atoms with Gasteiger partial charge in [-0.2, -0.15) is 0 Å². The van der Waals surface area contributed by atoms with Crippen molar-refractivity contribution in [3.8, 4) is 0 Å². The molecule has 2 N–H and O–H groups in total. The predicted octanol–water partition coefficient (Wildman–Crippen LogP) is 3.94. The zero-order chi connectivity index (χ0) is 33.6. The summed E-state index contributed by atoms with van der Waals surface area (Å²) < 4.78 is 43.3. The molecule has 0 aliphatic carbocycles. The number of carbonyl (C=O) groups excluding carboxylic acids is 2. The number of nitrogens with one attached hydrogen (secondary N) is 1. The Morgan fingerprint density at radius 1 is 0.457 bits per heavy atom. The van der Waals surface area contributed by atoms with Gasteiger partial charge in [-0.05, 0) is 12.8 Å². The summed E-state index contributed by atoms with van der Waals surface area (Å²) >= 11 is 0. The van der Waals surface area contributed by atoms with Crippen LogP contribution < -0.4 is 5.32 Å². The Labute approximate surface area is 276 Å². The number of esters is 1. The molecule has 1 amide bonds. The predicted molar refractivity (Wildman–Crippen MR) is 173 cm³/mol. The number of ether oxygens (including phenoxy) is 8. The first kappa shape index (κ1) is 44.1. The minimum Gasteiger partial charge on any atom is -0.481 e. The molecule has 0 aliphatic rings. The SMILES string of the molecule is CCCCCCCCCCCC(=O)OCCOCCOCCOCCOCCOCCOCCOCCCNC(=O)CCC(=O)O. The Bertz CT molecular complexity index is 683. The summed E-state index contributed by atoms with van der Waals surface area (Å²) in [7, 11) is 0. The van der Waals surface area contributed by atoms with Crippen LogP contribution in [0.5, 0.6) is 0 Å². The molecule has 13 nitrogen and oxygen atoms in total. The molecule has 0 spiro atoms. The van der Waals surface area contributed by atoms with Crippen molar-refractivity contribution in [2.45, 2.75) is 90.4 Å². The van der Waals surface area contributed by atoms with Crippen LogP contribution in [-0.2, 0) is 52.3 Å². The van der Waals surface area contributed by atoms with E-state index in [-0.39, 0.29) is 31.3 Å². The van der Waals surface area contributed by atoms with E-state index in [0.29, 0.717) is 112 Å². The molecule has 46 heavy (non-hydrogen) atoms. The lowest BCUT2D eigenvalue weighted by atomic mass is 10.1. The molecule has 0 bridgehead atoms. The summed E-state index contributed by atoms with van der Waals surface area (Å²) in [6, 6.07) is 0. The molecule has 272 valence electrons. The Kier molecular flexibility index (Phi) is 36.1. The summed E-state index contributed by atoms with van der Waals surface area (Å²) in [5, 5.41) is 11.2. The highest BCUT2D eigenvalue weighted by Crippen LogP contribution is 2.10. The third-order valence-corrected chi connectivity index (χ3v) is 6.56. The van der Waals surface area contributed by atoms with Gasteiger partial charge in [0.1, 0.15) is 6.61 Å². The van der Waals surface area contributed by atoms with Crippen molar-refractivity contribution in [1.29, 1.82) is 0 Å². The summed E-state index contributed by atoms with van der Waals surface area (Å²) in [4.78, 5) is 33.5. The van der Waals surface area contributed by atoms with Crippen LogP contribution in [0.15, 0.2) is 0 Å². The monoisotopic (exact) mass is 665 g/mol. The van der Waals surface area contributed by atoms with Crippen LogP contribution in [0.3, 0.4) is 0 Å². The van der Waals surface area contributed by atoms with Gasteiger partial charge in [-0.25, -0.2) is 0 Å². The van der Waals surface area contributed by atoms with Crippen LogP contribution in [0.2, 0.25) is 0 Å². The molecular weight excluding hydrogens is 602 g/mol. The second-order valence-electron chi connectivity index (χ2n) is 10.7. The smallest absolute Gasteiger partial charge is 0.305 e. The quantitative estimate of drug-likeness (QED) is 0.0724. The zero-order valence-electron chi connectivity index (χ0n) is 28.4. The molecule has 0 heterocycles. The van der Waals surface area contributed by atoms with Crippen LogP contribution in [0, 0.1) is 0 Å². The van der Waals surface area contributed by atoms with E-state index in [2.05, 4.69) is 12.2 Å². The number of carboxylic acids is 1. The van der Waals surface area contributed by atoms with Gasteiger partial charge in [0.15, 0.2) is 0 Å². The average Bonchev–Trinajstić information content (AvgIpc) is 3.04. The van der Waals surface area contributed by atoms with Gasteiger partial charge >= 0.3 is 11.9 Å². The number of unbranched alkanes of at least 4 members (excludes halogenated alkanes) is 8. The van der Waals surface area contributed by atoms with Gasteiger partial charge < -0.3 is 48.3 Å². The number of amides is 1. The number of hydrogen-bond acceptors (Lipinski definition) is 11. The molecule has 0 radical (unpaired) electrons. The molecule has 0 rings (SSSR count). The summed E-state index contributed by atoms with van der Waals surface area (Å²) in [6.07, 6.45) is 12.0. The lowest BCUT2D eigenvalue weighted by Gasteiger charge is -2.09. The van der Waals surface area contributed by atoms with E-state index in [1.54, 1.807) is 0 Å². The zero-order valence-corrected chi connectivity index (χ0v) is 28.4. The normalized spacial score (nSPS) is 11.2. The highest BCUT2D eigenvalue weighted by atomic mass is 16.6. The molecule has 0 saturated carbocycles. The van der Waals surface area contributed by atoms with Crippen LogP contribution in [0.1, 0.15) is 90.4 Å². The Balaban J connectivity index is 3.15. The molecule has 0 saturated heterocycles. The van der Waals surface area contributed by atoms with E-state index in [1.165, 1.54) is 44.9 Å². The summed E-state index contributed by atoms with van der Waals surface area (Å²) in [5.41, 5.74) is 0. The van der Waals surface area contributed by atoms with Gasteiger partial charge in [-0.15, -0.1) is 0 Å². The Morgan fingerprint density at radius 2 is 0.848 bits per heavy atom. The topological polar surface area (TPSA) is 157 Å². The molecule has 0 aromatic rings. The molecule has 0 aromatic heterocycles. The minimum absolute atomic E-state index is 0.00992. The van der Waals surface area contributed by atoms with Crippen molar-refractivity contribution >= 4 is 17.8 Å². The fourth-order valence-corrected chi connectivity index (χ4v) is 4.00. The first-order valence-corrected chi connectivity index (χ1v) is 17.2. The summed E-state index contributed by atoms with van der Waals surface area (Å²) in [5.74, 6) is -1.39. The fraction of sp³-hybridized carbons (Fsp3) is 0.909. The molecule has 0 aliphatic heterocycles. The van der Waals surface area contributed by atoms with E-state index in [9.17, 15) is 14.4 Å². The maximum atomic E-state index is 11.8. The molecular formula is C33H63NO12. The number of aliphatic carboxylic acids is 1. The van der Waals surface area contributed by atoms with Crippen molar-refractivity contribution in [2.75, 3.05) is 106 Å². The first-order valence-electron chi connectivity index (χ1n) is 17.2. The molecule has 0 fully saturated rings. The second kappa shape index (κ2) is 37.6. The maximum absolute atomic E-state index is 11.8. The van der Waals surface area contributed by atoms with Crippen molar-refractivity contribution in [3.63, 3.8) is 0 Å². The van der Waals surface area contributed by atoms with Crippen molar-refractivity contribution in [3.05, 3.63) is 0 Å². The number of carboxylic acid groups (broad SMARTS) is 1. The number of carbonyl (C=O) groups is 3. The number of rotatable bonds is 38. The lowest BCUT2D eigenvalue weighted by Crippen LogP contribution is -2.25. The molecule has 0 atom stereocenters. The minimum atomic E-state index is -0.982. The largest absolute Gasteiger partial charge is 0.481 e. The van der Waals surface area contributed by atoms with Crippen LogP contribution in [-0.4, -0.2) is 129 Å². The van der Waals surface area contributed by atoms with Gasteiger partial charge in [0, 0.05) is 26.0 Å². The van der Waals surface area contributed by atoms with E-state index in [0.717, 1.165) is 12.8 Å². The Morgan fingerprint density at radius 3 is 1.28 bits per heavy atom. The highest BCUT2D eigenvalue weighted by Gasteiger charge is 2.05. The lowest BCUT2D eigenvalue weighted by molar-refractivity contribution is -0.145. The maximum Gasteiger partial charge on any atom is 0.305 e. The third kappa shape index (κ3) is 38.3. The van der Waals surface area contributed by atoms with Gasteiger partial charge in [0.2, 0.25) is 5.91 Å². The molecule has 13 heteroatoms. The van der Waals surface area contributed by atoms with Crippen LogP contribution in [0.4, 0.5) is 0 Å². The average molecular weight is 666 g/mol. The summed E-state index contributed by atoms with van der Waals surface area (Å²) in [6.45, 7) is 9.41. The molecule has 0 unspecified atom stereocenters. The van der Waals surface area contributed by atoms with Crippen LogP contribution in [0.25, 0.3) is 0 Å². The van der Waals surface area contributed by atoms with Crippen LogP contribution >= 0.6 is 0 Å². The van der Waals surface area contributed by atoms with Gasteiger partial charge in [0.05, 0.1) is 92.3 Å². The van der Waals surface area contributed by atoms with Gasteiger partial charge in [-0.3, -0.25) is 14.4 Å².